The van der Waals surface area contributed by atoms with Gasteiger partial charge in [0.2, 0.25) is 5.91 Å². The van der Waals surface area contributed by atoms with E-state index in [1.54, 1.807) is 24.5 Å². The molecule has 1 aliphatic rings. The molecule has 4 rings (SSSR count). The lowest BCUT2D eigenvalue weighted by Gasteiger charge is -2.15. The van der Waals surface area contributed by atoms with Crippen molar-refractivity contribution < 1.29 is 18.7 Å². The molecule has 2 heterocycles. The monoisotopic (exact) mass is 437 g/mol. The molecule has 32 heavy (non-hydrogen) atoms. The van der Waals surface area contributed by atoms with Gasteiger partial charge in [0.25, 0.3) is 0 Å². The van der Waals surface area contributed by atoms with E-state index >= 15 is 0 Å². The Bertz CT molecular complexity index is 1090. The van der Waals surface area contributed by atoms with E-state index in [4.69, 9.17) is 4.74 Å². The van der Waals surface area contributed by atoms with Crippen LogP contribution in [0.3, 0.4) is 0 Å². The van der Waals surface area contributed by atoms with Gasteiger partial charge in [-0.2, -0.15) is 0 Å². The highest BCUT2D eigenvalue weighted by Gasteiger charge is 2.32. The molecule has 0 saturated carbocycles. The predicted octanol–water partition coefficient (Wildman–Crippen LogP) is 2.97. The number of aromatic amines is 1. The molecule has 2 amide bonds. The number of nitrogens with zero attached hydrogens (tertiary/aromatic N) is 2. The molecule has 0 aliphatic carbocycles. The maximum atomic E-state index is 14.9. The molecular formula is C23H24FN5O3. The molecule has 8 nitrogen and oxygen atoms in total. The van der Waals surface area contributed by atoms with Crippen LogP contribution in [0.5, 0.6) is 0 Å². The molecule has 1 aliphatic heterocycles. The minimum absolute atomic E-state index is 0.200. The Hall–Kier alpha value is -3.72. The summed E-state index contributed by atoms with van der Waals surface area (Å²) >= 11 is 0. The van der Waals surface area contributed by atoms with Gasteiger partial charge in [0.1, 0.15) is 17.7 Å². The molecule has 1 fully saturated rings. The maximum Gasteiger partial charge on any atom is 0.414 e. The van der Waals surface area contributed by atoms with Crippen molar-refractivity contribution in [3.63, 3.8) is 0 Å². The van der Waals surface area contributed by atoms with Gasteiger partial charge in [-0.25, -0.2) is 14.2 Å². The summed E-state index contributed by atoms with van der Waals surface area (Å²) in [4.78, 5) is 31.8. The van der Waals surface area contributed by atoms with Gasteiger partial charge in [-0.05, 0) is 29.3 Å². The smallest absolute Gasteiger partial charge is 0.414 e. The van der Waals surface area contributed by atoms with Crippen molar-refractivity contribution in [3.8, 4) is 11.1 Å². The van der Waals surface area contributed by atoms with Gasteiger partial charge in [-0.1, -0.05) is 24.3 Å². The van der Waals surface area contributed by atoms with E-state index in [1.807, 2.05) is 24.3 Å². The van der Waals surface area contributed by atoms with Crippen LogP contribution >= 0.6 is 0 Å². The van der Waals surface area contributed by atoms with Crippen LogP contribution in [-0.4, -0.2) is 41.2 Å². The molecule has 1 atom stereocenters. The Kier molecular flexibility index (Phi) is 6.46. The number of H-pyrrole nitrogens is 1. The largest absolute Gasteiger partial charge is 0.442 e. The number of hydrogen-bond donors (Lipinski definition) is 3. The van der Waals surface area contributed by atoms with Gasteiger partial charge in [-0.15, -0.1) is 0 Å². The minimum atomic E-state index is -0.557. The van der Waals surface area contributed by atoms with Gasteiger partial charge >= 0.3 is 6.09 Å². The van der Waals surface area contributed by atoms with Crippen LogP contribution in [-0.2, 0) is 22.6 Å². The molecule has 0 radical (unpaired) electrons. The topological polar surface area (TPSA) is 99.4 Å². The summed E-state index contributed by atoms with van der Waals surface area (Å²) in [7, 11) is 0. The van der Waals surface area contributed by atoms with Crippen LogP contribution in [0.25, 0.3) is 11.1 Å². The normalized spacial score (nSPS) is 15.6. The maximum absolute atomic E-state index is 14.9. The number of imidazole rings is 1. The SMILES string of the molecule is CC(=O)NC[C@H]1CN(c2ccc(-c3ccc(CNCc4ncc[nH]4)cc3)c(F)c2)C(=O)O1. The number of carbonyl (C=O) groups excluding carboxylic acids is 2. The van der Waals surface area contributed by atoms with Gasteiger partial charge < -0.3 is 20.4 Å². The standard InChI is InChI=1S/C23H24FN5O3/c1-15(30)28-12-19-14-29(23(31)32-19)18-6-7-20(21(24)10-18)17-4-2-16(3-5-17)11-25-13-22-26-8-9-27-22/h2-10,19,25H,11-14H2,1H3,(H,26,27)(H,28,30)/t19-/m0/s1. The highest BCUT2D eigenvalue weighted by Crippen LogP contribution is 2.29. The van der Waals surface area contributed by atoms with Crippen LogP contribution in [0.15, 0.2) is 54.9 Å². The number of aromatic nitrogens is 2. The van der Waals surface area contributed by atoms with Crippen molar-refractivity contribution in [2.24, 2.45) is 0 Å². The Balaban J connectivity index is 1.38. The number of anilines is 1. The summed E-state index contributed by atoms with van der Waals surface area (Å²) in [5.41, 5.74) is 2.69. The van der Waals surface area contributed by atoms with Gasteiger partial charge in [0.15, 0.2) is 0 Å². The third-order valence-electron chi connectivity index (χ3n) is 5.16. The quantitative estimate of drug-likeness (QED) is 0.503. The van der Waals surface area contributed by atoms with E-state index in [0.29, 0.717) is 24.3 Å². The van der Waals surface area contributed by atoms with E-state index in [1.165, 1.54) is 17.9 Å². The zero-order chi connectivity index (χ0) is 22.5. The molecular weight excluding hydrogens is 413 g/mol. The second kappa shape index (κ2) is 9.61. The van der Waals surface area contributed by atoms with Gasteiger partial charge in [-0.3, -0.25) is 9.69 Å². The fourth-order valence-corrected chi connectivity index (χ4v) is 3.52. The molecule has 1 aromatic heterocycles. The predicted molar refractivity (Wildman–Crippen MR) is 117 cm³/mol. The zero-order valence-electron chi connectivity index (χ0n) is 17.6. The Morgan fingerprint density at radius 3 is 2.75 bits per heavy atom. The van der Waals surface area contributed by atoms with Crippen LogP contribution in [0.1, 0.15) is 18.3 Å². The molecule has 2 aromatic carbocycles. The minimum Gasteiger partial charge on any atom is -0.442 e. The van der Waals surface area contributed by atoms with Crippen LogP contribution in [0.2, 0.25) is 0 Å². The Labute approximate surface area is 184 Å². The number of ether oxygens (including phenoxy) is 1. The first kappa shape index (κ1) is 21.5. The van der Waals surface area contributed by atoms with Crippen molar-refractivity contribution in [1.82, 2.24) is 20.6 Å². The molecule has 0 bridgehead atoms. The van der Waals surface area contributed by atoms with E-state index in [-0.39, 0.29) is 19.0 Å². The van der Waals surface area contributed by atoms with Crippen molar-refractivity contribution >= 4 is 17.7 Å². The lowest BCUT2D eigenvalue weighted by atomic mass is 10.0. The number of amides is 2. The molecule has 3 N–H and O–H groups in total. The van der Waals surface area contributed by atoms with Crippen molar-refractivity contribution in [2.75, 3.05) is 18.0 Å². The lowest BCUT2D eigenvalue weighted by Crippen LogP contribution is -2.33. The van der Waals surface area contributed by atoms with Crippen molar-refractivity contribution in [2.45, 2.75) is 26.1 Å². The third-order valence-corrected chi connectivity index (χ3v) is 5.16. The van der Waals surface area contributed by atoms with Gasteiger partial charge in [0.05, 0.1) is 25.3 Å². The number of benzene rings is 2. The second-order valence-corrected chi connectivity index (χ2v) is 7.55. The number of rotatable bonds is 8. The summed E-state index contributed by atoms with van der Waals surface area (Å²) in [6.07, 6.45) is 2.46. The average Bonchev–Trinajstić information content (AvgIpc) is 3.42. The number of cyclic esters (lactones) is 1. The fraction of sp³-hybridized carbons (Fsp3) is 0.261. The number of nitrogens with one attached hydrogen (secondary N) is 3. The summed E-state index contributed by atoms with van der Waals surface area (Å²) < 4.78 is 20.1. The zero-order valence-corrected chi connectivity index (χ0v) is 17.6. The molecule has 3 aromatic rings. The second-order valence-electron chi connectivity index (χ2n) is 7.55. The Morgan fingerprint density at radius 2 is 2.06 bits per heavy atom. The number of hydrogen-bond acceptors (Lipinski definition) is 5. The number of carbonyl (C=O) groups is 2. The summed E-state index contributed by atoms with van der Waals surface area (Å²) in [5, 5.41) is 5.92. The highest BCUT2D eigenvalue weighted by molar-refractivity contribution is 5.90. The summed E-state index contributed by atoms with van der Waals surface area (Å²) in [6.45, 7) is 3.17. The average molecular weight is 437 g/mol. The first-order chi connectivity index (χ1) is 15.5. The van der Waals surface area contributed by atoms with E-state index < -0.39 is 18.0 Å². The Morgan fingerprint density at radius 1 is 1.25 bits per heavy atom. The molecule has 166 valence electrons. The van der Waals surface area contributed by atoms with E-state index in [9.17, 15) is 14.0 Å². The van der Waals surface area contributed by atoms with E-state index in [0.717, 1.165) is 17.0 Å². The van der Waals surface area contributed by atoms with Crippen molar-refractivity contribution in [3.05, 3.63) is 72.1 Å². The van der Waals surface area contributed by atoms with Gasteiger partial charge in [0, 0.05) is 31.4 Å². The fourth-order valence-electron chi connectivity index (χ4n) is 3.52. The third kappa shape index (κ3) is 5.12. The summed E-state index contributed by atoms with van der Waals surface area (Å²) in [5.74, 6) is 0.241. The molecule has 0 spiro atoms. The summed E-state index contributed by atoms with van der Waals surface area (Å²) in [6, 6.07) is 12.3. The van der Waals surface area contributed by atoms with E-state index in [2.05, 4.69) is 20.6 Å². The molecule has 1 saturated heterocycles. The lowest BCUT2D eigenvalue weighted by molar-refractivity contribution is -0.119. The van der Waals surface area contributed by atoms with Crippen LogP contribution in [0, 0.1) is 5.82 Å². The van der Waals surface area contributed by atoms with Crippen LogP contribution in [0.4, 0.5) is 14.9 Å². The highest BCUT2D eigenvalue weighted by atomic mass is 19.1. The van der Waals surface area contributed by atoms with Crippen molar-refractivity contribution in [1.29, 1.82) is 0 Å². The van der Waals surface area contributed by atoms with Crippen LogP contribution < -0.4 is 15.5 Å². The first-order valence-electron chi connectivity index (χ1n) is 10.3. The molecule has 9 heteroatoms. The number of halogens is 1. The first-order valence-corrected chi connectivity index (χ1v) is 10.3. The molecule has 0 unspecified atom stereocenters.